The van der Waals surface area contributed by atoms with Crippen LogP contribution in [0.25, 0.3) is 0 Å². The van der Waals surface area contributed by atoms with Gasteiger partial charge in [-0.2, -0.15) is 5.06 Å². The Balaban J connectivity index is 2.69. The first kappa shape index (κ1) is 15.7. The molecule has 0 aliphatic rings. The number of hydrogen-bond acceptors (Lipinski definition) is 2. The van der Waals surface area contributed by atoms with E-state index in [1.165, 1.54) is 5.06 Å². The number of nitrogens with zero attached hydrogens (tertiary/aromatic N) is 1. The predicted octanol–water partition coefficient (Wildman–Crippen LogP) is 4.65. The summed E-state index contributed by atoms with van der Waals surface area (Å²) >= 11 is 13.3. The lowest BCUT2D eigenvalue weighted by molar-refractivity contribution is -0.0672. The molecule has 17 heavy (non-hydrogen) atoms. The van der Waals surface area contributed by atoms with Crippen LogP contribution < -0.4 is 5.32 Å². The zero-order valence-electron chi connectivity index (χ0n) is 8.42. The van der Waals surface area contributed by atoms with Gasteiger partial charge in [0.05, 0.1) is 5.02 Å². The molecular weight excluding hydrogens is 537 g/mol. The lowest BCUT2D eigenvalue weighted by Crippen LogP contribution is -2.33. The van der Waals surface area contributed by atoms with Crippen molar-refractivity contribution in [2.75, 3.05) is 14.5 Å². The van der Waals surface area contributed by atoms with Gasteiger partial charge in [0, 0.05) is 10.2 Å². The van der Waals surface area contributed by atoms with Crippen LogP contribution in [0, 0.1) is 0 Å². The van der Waals surface area contributed by atoms with E-state index >= 15 is 0 Å². The molecule has 0 aliphatic carbocycles. The number of nitrogens with one attached hydrogen (secondary N) is 1. The van der Waals surface area contributed by atoms with E-state index in [0.29, 0.717) is 19.9 Å². The minimum atomic E-state index is -0.325. The van der Waals surface area contributed by atoms with Crippen LogP contribution in [0.1, 0.15) is 0 Å². The molecule has 0 fully saturated rings. The van der Waals surface area contributed by atoms with E-state index < -0.39 is 0 Å². The van der Waals surface area contributed by atoms with Crippen LogP contribution >= 0.6 is 72.7 Å². The van der Waals surface area contributed by atoms with Crippen LogP contribution in [0.15, 0.2) is 22.7 Å². The Kier molecular flexibility index (Phi) is 7.38. The summed E-state index contributed by atoms with van der Waals surface area (Å²) in [7, 11) is 0. The summed E-state index contributed by atoms with van der Waals surface area (Å²) in [6, 6.07) is 4.86. The first-order chi connectivity index (χ1) is 8.08. The molecular formula is C9H8BrClI2N2O2. The molecule has 4 nitrogen and oxygen atoms in total. The van der Waals surface area contributed by atoms with Crippen molar-refractivity contribution in [1.29, 1.82) is 0 Å². The number of carbonyl (C=O) groups is 1. The van der Waals surface area contributed by atoms with Crippen LogP contribution in [0.2, 0.25) is 5.02 Å². The van der Waals surface area contributed by atoms with Crippen molar-refractivity contribution in [1.82, 2.24) is 5.06 Å². The van der Waals surface area contributed by atoms with Gasteiger partial charge in [0.2, 0.25) is 0 Å². The van der Waals surface area contributed by atoms with Crippen LogP contribution in [-0.2, 0) is 4.84 Å². The van der Waals surface area contributed by atoms with E-state index in [2.05, 4.69) is 21.2 Å². The fourth-order valence-corrected chi connectivity index (χ4v) is 2.24. The number of urea groups is 1. The zero-order chi connectivity index (χ0) is 12.8. The molecule has 0 bridgehead atoms. The zero-order valence-corrected chi connectivity index (χ0v) is 15.1. The molecule has 94 valence electrons. The van der Waals surface area contributed by atoms with Gasteiger partial charge in [-0.3, -0.25) is 4.84 Å². The van der Waals surface area contributed by atoms with Gasteiger partial charge in [-0.15, -0.1) is 0 Å². The Morgan fingerprint density at radius 1 is 1.53 bits per heavy atom. The molecule has 1 aromatic rings. The first-order valence-electron chi connectivity index (χ1n) is 4.37. The summed E-state index contributed by atoms with van der Waals surface area (Å²) in [6.45, 7) is 0. The second kappa shape index (κ2) is 7.97. The smallest absolute Gasteiger partial charge is 0.306 e. The second-order valence-corrected chi connectivity index (χ2v) is 5.36. The van der Waals surface area contributed by atoms with Crippen LogP contribution in [0.3, 0.4) is 0 Å². The van der Waals surface area contributed by atoms with Gasteiger partial charge in [-0.05, 0) is 34.1 Å². The molecule has 0 atom stereocenters. The van der Waals surface area contributed by atoms with Gasteiger partial charge in [0.1, 0.15) is 9.17 Å². The summed E-state index contributed by atoms with van der Waals surface area (Å²) in [5.74, 6) is 0. The fourth-order valence-electron chi connectivity index (χ4n) is 0.966. The Morgan fingerprint density at radius 2 is 2.24 bits per heavy atom. The number of anilines is 1. The number of hydroxylamine groups is 2. The summed E-state index contributed by atoms with van der Waals surface area (Å²) in [5, 5.41) is 4.47. The number of benzene rings is 1. The van der Waals surface area contributed by atoms with Crippen molar-refractivity contribution < 1.29 is 9.63 Å². The van der Waals surface area contributed by atoms with Gasteiger partial charge in [-0.1, -0.05) is 56.8 Å². The van der Waals surface area contributed by atoms with E-state index in [4.69, 9.17) is 16.4 Å². The predicted molar refractivity (Wildman–Crippen MR) is 88.9 cm³/mol. The Bertz CT molecular complexity index is 409. The SMILES string of the molecule is O=C(Nc1ccc(Br)c(Cl)c1)N(CI)OCI. The number of carbonyl (C=O) groups excluding carboxylic acids is 1. The first-order valence-corrected chi connectivity index (χ1v) is 8.59. The highest BCUT2D eigenvalue weighted by Gasteiger charge is 2.13. The van der Waals surface area contributed by atoms with Crippen LogP contribution in [0.5, 0.6) is 0 Å². The molecule has 8 heteroatoms. The lowest BCUT2D eigenvalue weighted by Gasteiger charge is -2.18. The van der Waals surface area contributed by atoms with Crippen molar-refractivity contribution in [3.63, 3.8) is 0 Å². The summed E-state index contributed by atoms with van der Waals surface area (Å²) < 4.78 is 1.64. The molecule has 0 unspecified atom stereocenters. The highest BCUT2D eigenvalue weighted by molar-refractivity contribution is 14.1. The second-order valence-electron chi connectivity index (χ2n) is 2.80. The normalized spacial score (nSPS) is 10.1. The van der Waals surface area contributed by atoms with Crippen molar-refractivity contribution in [3.8, 4) is 0 Å². The highest BCUT2D eigenvalue weighted by Crippen LogP contribution is 2.25. The molecule has 0 saturated carbocycles. The Labute approximate surface area is 140 Å². The average Bonchev–Trinajstić information content (AvgIpc) is 2.30. The van der Waals surface area contributed by atoms with Crippen molar-refractivity contribution >= 4 is 84.4 Å². The van der Waals surface area contributed by atoms with Crippen molar-refractivity contribution in [2.45, 2.75) is 0 Å². The quantitative estimate of drug-likeness (QED) is 0.259. The average molecular weight is 545 g/mol. The van der Waals surface area contributed by atoms with Crippen molar-refractivity contribution in [2.24, 2.45) is 0 Å². The summed E-state index contributed by atoms with van der Waals surface area (Å²) in [5.41, 5.74) is 0.620. The minimum Gasteiger partial charge on any atom is -0.306 e. The van der Waals surface area contributed by atoms with E-state index in [0.717, 1.165) is 4.47 Å². The number of halogens is 4. The van der Waals surface area contributed by atoms with Gasteiger partial charge in [0.15, 0.2) is 0 Å². The van der Waals surface area contributed by atoms with Crippen LogP contribution in [0.4, 0.5) is 10.5 Å². The highest BCUT2D eigenvalue weighted by atomic mass is 127. The third-order valence-corrected chi connectivity index (χ3v) is 3.84. The number of hydrogen-bond donors (Lipinski definition) is 1. The minimum absolute atomic E-state index is 0.325. The largest absolute Gasteiger partial charge is 0.346 e. The molecule has 1 rings (SSSR count). The lowest BCUT2D eigenvalue weighted by atomic mass is 10.3. The van der Waals surface area contributed by atoms with Gasteiger partial charge < -0.3 is 5.32 Å². The number of rotatable bonds is 4. The number of alkyl halides is 2. The molecule has 1 aromatic carbocycles. The summed E-state index contributed by atoms with van der Waals surface area (Å²) in [4.78, 5) is 16.9. The molecule has 0 spiro atoms. The maximum Gasteiger partial charge on any atom is 0.346 e. The van der Waals surface area contributed by atoms with Gasteiger partial charge in [-0.25, -0.2) is 4.79 Å². The van der Waals surface area contributed by atoms with Gasteiger partial charge in [0.25, 0.3) is 0 Å². The van der Waals surface area contributed by atoms with Crippen molar-refractivity contribution in [3.05, 3.63) is 27.7 Å². The van der Waals surface area contributed by atoms with E-state index in [1.54, 1.807) is 18.2 Å². The van der Waals surface area contributed by atoms with Gasteiger partial charge >= 0.3 is 6.03 Å². The van der Waals surface area contributed by atoms with E-state index in [1.807, 2.05) is 45.2 Å². The third kappa shape index (κ3) is 5.05. The topological polar surface area (TPSA) is 41.6 Å². The third-order valence-electron chi connectivity index (χ3n) is 1.71. The standard InChI is InChI=1S/C9H8BrClI2N2O2/c10-7-2-1-6(3-8(7)11)14-9(16)15(4-12)17-5-13/h1-3H,4-5H2,(H,14,16). The molecule has 0 aliphatic heterocycles. The molecule has 0 radical (unpaired) electrons. The molecule has 2 amide bonds. The molecule has 0 aromatic heterocycles. The maximum atomic E-state index is 11.8. The number of amides is 2. The Morgan fingerprint density at radius 3 is 2.76 bits per heavy atom. The molecule has 1 N–H and O–H groups in total. The summed E-state index contributed by atoms with van der Waals surface area (Å²) in [6.07, 6.45) is 0. The maximum absolute atomic E-state index is 11.8. The van der Waals surface area contributed by atoms with Crippen LogP contribution in [-0.4, -0.2) is 20.3 Å². The fraction of sp³-hybridized carbons (Fsp3) is 0.222. The molecule has 0 heterocycles. The molecule has 0 saturated heterocycles. The monoisotopic (exact) mass is 544 g/mol. The Hall–Kier alpha value is 0.680. The van der Waals surface area contributed by atoms with E-state index in [-0.39, 0.29) is 6.03 Å². The van der Waals surface area contributed by atoms with E-state index in [9.17, 15) is 4.79 Å².